The average Bonchev–Trinajstić information content (AvgIpc) is 2.89. The predicted octanol–water partition coefficient (Wildman–Crippen LogP) is 2.60. The maximum Gasteiger partial charge on any atom is 0.101 e. The molecule has 1 aromatic heterocycles. The fraction of sp³-hybridized carbons (Fsp3) is 0.467. The van der Waals surface area contributed by atoms with Crippen LogP contribution in [0.1, 0.15) is 45.3 Å². The zero-order chi connectivity index (χ0) is 14.6. The van der Waals surface area contributed by atoms with Crippen LogP contribution in [-0.2, 0) is 0 Å². The molecule has 0 amide bonds. The first-order chi connectivity index (χ1) is 9.49. The van der Waals surface area contributed by atoms with Gasteiger partial charge >= 0.3 is 0 Å². The number of nitrogens with two attached hydrogens (primary N) is 1. The third kappa shape index (κ3) is 3.88. The van der Waals surface area contributed by atoms with E-state index in [-0.39, 0.29) is 11.5 Å². The van der Waals surface area contributed by atoms with Gasteiger partial charge in [0.15, 0.2) is 0 Å². The van der Waals surface area contributed by atoms with E-state index in [0.717, 1.165) is 24.2 Å². The molecule has 5 nitrogen and oxygen atoms in total. The van der Waals surface area contributed by atoms with Gasteiger partial charge in [-0.05, 0) is 30.4 Å². The Morgan fingerprint density at radius 2 is 1.95 bits per heavy atom. The van der Waals surface area contributed by atoms with Crippen LogP contribution in [-0.4, -0.2) is 15.0 Å². The summed E-state index contributed by atoms with van der Waals surface area (Å²) >= 11 is 0. The van der Waals surface area contributed by atoms with Crippen molar-refractivity contribution in [2.75, 3.05) is 0 Å². The van der Waals surface area contributed by atoms with E-state index in [9.17, 15) is 0 Å². The summed E-state index contributed by atoms with van der Waals surface area (Å²) < 4.78 is 0. The van der Waals surface area contributed by atoms with Crippen molar-refractivity contribution in [3.8, 4) is 5.69 Å². The molecule has 0 aliphatic carbocycles. The molecule has 0 spiro atoms. The number of hydrazine groups is 1. The van der Waals surface area contributed by atoms with Crippen molar-refractivity contribution in [3.63, 3.8) is 0 Å². The molecule has 0 bridgehead atoms. The van der Waals surface area contributed by atoms with Crippen molar-refractivity contribution in [1.82, 2.24) is 20.4 Å². The first-order valence-electron chi connectivity index (χ1n) is 6.93. The SMILES string of the molecule is CC(C)(C)CCC(NN)c1cnn(-c2ccccc2)n1. The van der Waals surface area contributed by atoms with E-state index in [1.54, 1.807) is 11.0 Å². The second-order valence-corrected chi connectivity index (χ2v) is 6.21. The van der Waals surface area contributed by atoms with Gasteiger partial charge in [-0.1, -0.05) is 39.0 Å². The molecule has 2 rings (SSSR count). The van der Waals surface area contributed by atoms with Crippen LogP contribution in [0.4, 0.5) is 0 Å². The summed E-state index contributed by atoms with van der Waals surface area (Å²) in [7, 11) is 0. The lowest BCUT2D eigenvalue weighted by Crippen LogP contribution is -2.29. The number of nitrogens with one attached hydrogen (secondary N) is 1. The zero-order valence-electron chi connectivity index (χ0n) is 12.4. The Hall–Kier alpha value is -1.72. The summed E-state index contributed by atoms with van der Waals surface area (Å²) in [5, 5.41) is 8.83. The van der Waals surface area contributed by atoms with Gasteiger partial charge in [0.05, 0.1) is 17.9 Å². The first kappa shape index (κ1) is 14.7. The lowest BCUT2D eigenvalue weighted by molar-refractivity contribution is 0.331. The number of nitrogens with zero attached hydrogens (tertiary/aromatic N) is 3. The summed E-state index contributed by atoms with van der Waals surface area (Å²) in [6.45, 7) is 6.67. The Morgan fingerprint density at radius 1 is 1.25 bits per heavy atom. The normalized spacial score (nSPS) is 13.4. The number of rotatable bonds is 5. The molecular weight excluding hydrogens is 250 g/mol. The van der Waals surface area contributed by atoms with E-state index in [4.69, 9.17) is 5.84 Å². The van der Waals surface area contributed by atoms with E-state index in [1.165, 1.54) is 0 Å². The smallest absolute Gasteiger partial charge is 0.101 e. The van der Waals surface area contributed by atoms with Crippen molar-refractivity contribution in [1.29, 1.82) is 0 Å². The molecule has 0 fully saturated rings. The molecule has 20 heavy (non-hydrogen) atoms. The van der Waals surface area contributed by atoms with Gasteiger partial charge < -0.3 is 0 Å². The lowest BCUT2D eigenvalue weighted by atomic mass is 9.88. The molecule has 0 radical (unpaired) electrons. The van der Waals surface area contributed by atoms with Crippen molar-refractivity contribution >= 4 is 0 Å². The molecule has 1 aromatic carbocycles. The lowest BCUT2D eigenvalue weighted by Gasteiger charge is -2.21. The third-order valence-electron chi connectivity index (χ3n) is 3.24. The third-order valence-corrected chi connectivity index (χ3v) is 3.24. The van der Waals surface area contributed by atoms with E-state index in [0.29, 0.717) is 0 Å². The maximum atomic E-state index is 5.66. The molecule has 108 valence electrons. The van der Waals surface area contributed by atoms with E-state index in [1.807, 2.05) is 30.3 Å². The highest BCUT2D eigenvalue weighted by Gasteiger charge is 2.18. The highest BCUT2D eigenvalue weighted by molar-refractivity contribution is 5.28. The second-order valence-electron chi connectivity index (χ2n) is 6.21. The summed E-state index contributed by atoms with van der Waals surface area (Å²) in [6, 6.07) is 9.90. The molecular formula is C15H23N5. The molecule has 2 aromatic rings. The maximum absolute atomic E-state index is 5.66. The summed E-state index contributed by atoms with van der Waals surface area (Å²) in [4.78, 5) is 1.64. The average molecular weight is 273 g/mol. The number of benzene rings is 1. The van der Waals surface area contributed by atoms with Gasteiger partial charge in [-0.15, -0.1) is 0 Å². The first-order valence-corrected chi connectivity index (χ1v) is 6.93. The van der Waals surface area contributed by atoms with Gasteiger partial charge in [-0.25, -0.2) is 0 Å². The Balaban J connectivity index is 2.10. The minimum absolute atomic E-state index is 0.0340. The van der Waals surface area contributed by atoms with Crippen LogP contribution in [0, 0.1) is 5.41 Å². The number of para-hydroxylation sites is 1. The van der Waals surface area contributed by atoms with Gasteiger partial charge in [0.25, 0.3) is 0 Å². The zero-order valence-corrected chi connectivity index (χ0v) is 12.4. The van der Waals surface area contributed by atoms with Gasteiger partial charge in [-0.3, -0.25) is 11.3 Å². The predicted molar refractivity (Wildman–Crippen MR) is 80.1 cm³/mol. The van der Waals surface area contributed by atoms with Crippen LogP contribution < -0.4 is 11.3 Å². The van der Waals surface area contributed by atoms with E-state index >= 15 is 0 Å². The summed E-state index contributed by atoms with van der Waals surface area (Å²) in [5.74, 6) is 5.66. The largest absolute Gasteiger partial charge is 0.271 e. The standard InChI is InChI=1S/C15H23N5/c1-15(2,3)10-9-13(18-16)14-11-17-20(19-14)12-7-5-4-6-8-12/h4-8,11,13,18H,9-10,16H2,1-3H3. The molecule has 0 saturated carbocycles. The molecule has 3 N–H and O–H groups in total. The number of hydrogen-bond donors (Lipinski definition) is 2. The Kier molecular flexibility index (Phi) is 4.52. The minimum Gasteiger partial charge on any atom is -0.271 e. The van der Waals surface area contributed by atoms with Crippen molar-refractivity contribution < 1.29 is 0 Å². The fourth-order valence-electron chi connectivity index (χ4n) is 2.01. The molecule has 5 heteroatoms. The Bertz CT molecular complexity index is 527. The molecule has 1 atom stereocenters. The van der Waals surface area contributed by atoms with Crippen LogP contribution in [0.2, 0.25) is 0 Å². The van der Waals surface area contributed by atoms with Crippen LogP contribution in [0.15, 0.2) is 36.5 Å². The van der Waals surface area contributed by atoms with E-state index in [2.05, 4.69) is 36.4 Å². The van der Waals surface area contributed by atoms with Crippen LogP contribution in [0.5, 0.6) is 0 Å². The monoisotopic (exact) mass is 273 g/mol. The quantitative estimate of drug-likeness (QED) is 0.649. The topological polar surface area (TPSA) is 68.8 Å². The Labute approximate surface area is 120 Å². The van der Waals surface area contributed by atoms with Crippen LogP contribution in [0.3, 0.4) is 0 Å². The summed E-state index contributed by atoms with van der Waals surface area (Å²) in [5.41, 5.74) is 4.95. The van der Waals surface area contributed by atoms with Crippen molar-refractivity contribution in [2.24, 2.45) is 11.3 Å². The molecule has 0 saturated heterocycles. The van der Waals surface area contributed by atoms with Gasteiger partial charge in [-0.2, -0.15) is 15.0 Å². The highest BCUT2D eigenvalue weighted by atomic mass is 15.5. The molecule has 0 aliphatic heterocycles. The van der Waals surface area contributed by atoms with Gasteiger partial charge in [0, 0.05) is 0 Å². The number of hydrogen-bond acceptors (Lipinski definition) is 4. The van der Waals surface area contributed by atoms with Crippen LogP contribution >= 0.6 is 0 Å². The van der Waals surface area contributed by atoms with Gasteiger partial charge in [0.1, 0.15) is 5.69 Å². The molecule has 1 unspecified atom stereocenters. The molecule has 1 heterocycles. The molecule has 0 aliphatic rings. The second kappa shape index (κ2) is 6.15. The Morgan fingerprint density at radius 3 is 2.55 bits per heavy atom. The highest BCUT2D eigenvalue weighted by Crippen LogP contribution is 2.26. The number of aromatic nitrogens is 3. The van der Waals surface area contributed by atoms with Crippen LogP contribution in [0.25, 0.3) is 5.69 Å². The fourth-order valence-corrected chi connectivity index (χ4v) is 2.01. The van der Waals surface area contributed by atoms with Gasteiger partial charge in [0.2, 0.25) is 0 Å². The summed E-state index contributed by atoms with van der Waals surface area (Å²) in [6.07, 6.45) is 3.79. The van der Waals surface area contributed by atoms with Crippen molar-refractivity contribution in [3.05, 3.63) is 42.2 Å². The van der Waals surface area contributed by atoms with E-state index < -0.39 is 0 Å². The minimum atomic E-state index is 0.0340. The van der Waals surface area contributed by atoms with Crippen molar-refractivity contribution in [2.45, 2.75) is 39.7 Å².